The number of H-pyrrole nitrogens is 1. The lowest BCUT2D eigenvalue weighted by Gasteiger charge is -1.96. The van der Waals surface area contributed by atoms with Gasteiger partial charge < -0.3 is 10.1 Å². The molecule has 0 aliphatic heterocycles. The van der Waals surface area contributed by atoms with Crippen LogP contribution in [0.2, 0.25) is 0 Å². The number of Topliss-reactive ketones (excluding diaryl/α,β-unsaturated/α-hetero) is 1. The second-order valence-electron chi connectivity index (χ2n) is 6.58. The summed E-state index contributed by atoms with van der Waals surface area (Å²) in [5.74, 6) is 0.104. The molecule has 1 heterocycles. The van der Waals surface area contributed by atoms with Crippen molar-refractivity contribution in [3.8, 4) is 0 Å². The van der Waals surface area contributed by atoms with Gasteiger partial charge in [0.05, 0.1) is 12.3 Å². The highest BCUT2D eigenvalue weighted by Gasteiger charge is 2.07. The van der Waals surface area contributed by atoms with E-state index in [1.54, 1.807) is 12.1 Å². The van der Waals surface area contributed by atoms with Crippen molar-refractivity contribution in [1.29, 1.82) is 0 Å². The van der Waals surface area contributed by atoms with Crippen LogP contribution in [0.15, 0.2) is 72.9 Å². The van der Waals surface area contributed by atoms with Crippen LogP contribution in [-0.4, -0.2) is 15.9 Å². The normalized spacial score (nSPS) is 12.6. The summed E-state index contributed by atoms with van der Waals surface area (Å²) in [6.07, 6.45) is 29.1. The Morgan fingerprint density at radius 2 is 1.39 bits per heavy atom. The fraction of sp³-hybridized carbons (Fsp3) is 0.400. The van der Waals surface area contributed by atoms with Crippen LogP contribution in [0.25, 0.3) is 0 Å². The predicted molar refractivity (Wildman–Crippen MR) is 119 cm³/mol. The Kier molecular flexibility index (Phi) is 14.2. The second kappa shape index (κ2) is 16.8. The molecule has 1 aromatic heterocycles. The first-order valence-corrected chi connectivity index (χ1v) is 10.3. The van der Waals surface area contributed by atoms with E-state index in [2.05, 4.69) is 72.7 Å². The molecular formula is C25H35NO2. The lowest BCUT2D eigenvalue weighted by atomic mass is 10.1. The largest absolute Gasteiger partial charge is 0.390 e. The molecule has 0 fully saturated rings. The van der Waals surface area contributed by atoms with E-state index < -0.39 is 0 Å². The Morgan fingerprint density at radius 1 is 0.857 bits per heavy atom. The van der Waals surface area contributed by atoms with Crippen molar-refractivity contribution in [2.75, 3.05) is 0 Å². The maximum Gasteiger partial charge on any atom is 0.179 e. The van der Waals surface area contributed by atoms with Crippen molar-refractivity contribution in [3.63, 3.8) is 0 Å². The molecule has 0 saturated heterocycles. The number of ketones is 1. The van der Waals surface area contributed by atoms with Crippen LogP contribution < -0.4 is 0 Å². The molecule has 2 N–H and O–H groups in total. The van der Waals surface area contributed by atoms with Gasteiger partial charge in [-0.05, 0) is 57.1 Å². The molecule has 0 spiro atoms. The first-order chi connectivity index (χ1) is 13.8. The number of aliphatic hydroxyl groups excluding tert-OH is 1. The van der Waals surface area contributed by atoms with Gasteiger partial charge in [0.15, 0.2) is 5.78 Å². The third-order valence-electron chi connectivity index (χ3n) is 4.15. The summed E-state index contributed by atoms with van der Waals surface area (Å²) in [7, 11) is 0. The Labute approximate surface area is 170 Å². The summed E-state index contributed by atoms with van der Waals surface area (Å²) in [6.45, 7) is 2.09. The number of rotatable bonds is 15. The molecule has 28 heavy (non-hydrogen) atoms. The average molecular weight is 382 g/mol. The predicted octanol–water partition coefficient (Wildman–Crippen LogP) is 6.61. The standard InChI is InChI=1S/C25H35NO2/c1-2-3-4-5-6-7-8-9-10-11-12-13-14-15-16-17-18-19-25(28)24-21-20-23(22-27)26-24/h3-4,6-7,9-10,12-13,15-16,20-21,26-27H,2,5,8,11,14,17-19,22H2,1H3/b4-3-,7-6-,10-9-,13-12-,16-15-. The van der Waals surface area contributed by atoms with Crippen LogP contribution >= 0.6 is 0 Å². The van der Waals surface area contributed by atoms with E-state index in [0.29, 0.717) is 17.8 Å². The van der Waals surface area contributed by atoms with E-state index >= 15 is 0 Å². The lowest BCUT2D eigenvalue weighted by Crippen LogP contribution is -1.99. The van der Waals surface area contributed by atoms with E-state index in [-0.39, 0.29) is 12.4 Å². The third kappa shape index (κ3) is 12.1. The Hall–Kier alpha value is -2.39. The molecule has 0 aliphatic rings. The van der Waals surface area contributed by atoms with Crippen molar-refractivity contribution < 1.29 is 9.90 Å². The fourth-order valence-corrected chi connectivity index (χ4v) is 2.58. The van der Waals surface area contributed by atoms with Gasteiger partial charge in [0.25, 0.3) is 0 Å². The molecule has 0 bridgehead atoms. The van der Waals surface area contributed by atoms with Crippen LogP contribution in [0.4, 0.5) is 0 Å². The highest BCUT2D eigenvalue weighted by Crippen LogP contribution is 2.08. The van der Waals surface area contributed by atoms with Crippen LogP contribution in [0.5, 0.6) is 0 Å². The Bertz CT molecular complexity index is 674. The number of carbonyl (C=O) groups is 1. The van der Waals surface area contributed by atoms with Gasteiger partial charge in [0.1, 0.15) is 0 Å². The number of nitrogens with one attached hydrogen (secondary N) is 1. The summed E-state index contributed by atoms with van der Waals surface area (Å²) < 4.78 is 0. The number of carbonyl (C=O) groups excluding carboxylic acids is 1. The molecule has 0 atom stereocenters. The zero-order chi connectivity index (χ0) is 20.3. The van der Waals surface area contributed by atoms with Crippen molar-refractivity contribution in [1.82, 2.24) is 4.98 Å². The number of aromatic nitrogens is 1. The van der Waals surface area contributed by atoms with Crippen LogP contribution in [-0.2, 0) is 6.61 Å². The monoisotopic (exact) mass is 381 g/mol. The van der Waals surface area contributed by atoms with Gasteiger partial charge in [0, 0.05) is 12.1 Å². The summed E-state index contributed by atoms with van der Waals surface area (Å²) in [5, 5.41) is 9.00. The van der Waals surface area contributed by atoms with Crippen LogP contribution in [0.3, 0.4) is 0 Å². The van der Waals surface area contributed by atoms with Gasteiger partial charge in [-0.2, -0.15) is 0 Å². The number of unbranched alkanes of at least 4 members (excludes halogenated alkanes) is 1. The summed E-state index contributed by atoms with van der Waals surface area (Å²) in [6, 6.07) is 3.49. The zero-order valence-corrected chi connectivity index (χ0v) is 17.1. The molecule has 0 saturated carbocycles. The minimum absolute atomic E-state index is 0.0622. The van der Waals surface area contributed by atoms with E-state index in [0.717, 1.165) is 44.9 Å². The second-order valence-corrected chi connectivity index (χ2v) is 6.58. The molecule has 0 unspecified atom stereocenters. The quantitative estimate of drug-likeness (QED) is 0.204. The average Bonchev–Trinajstić information content (AvgIpc) is 3.19. The van der Waals surface area contributed by atoms with Gasteiger partial charge in [0.2, 0.25) is 0 Å². The van der Waals surface area contributed by atoms with Gasteiger partial charge in [-0.25, -0.2) is 0 Å². The first-order valence-electron chi connectivity index (χ1n) is 10.3. The Balaban J connectivity index is 2.01. The van der Waals surface area contributed by atoms with Gasteiger partial charge in [-0.15, -0.1) is 0 Å². The molecule has 3 nitrogen and oxygen atoms in total. The molecular weight excluding hydrogens is 346 g/mol. The van der Waals surface area contributed by atoms with Crippen molar-refractivity contribution in [2.24, 2.45) is 0 Å². The lowest BCUT2D eigenvalue weighted by molar-refractivity contribution is 0.0976. The topological polar surface area (TPSA) is 53.1 Å². The molecule has 1 aromatic rings. The zero-order valence-electron chi connectivity index (χ0n) is 17.1. The first kappa shape index (κ1) is 23.6. The SMILES string of the molecule is CC/C=C\C/C=C\C/C=C\C/C=C\C/C=C\CCCC(=O)c1ccc(CO)[nH]1. The summed E-state index contributed by atoms with van der Waals surface area (Å²) in [4.78, 5) is 14.9. The van der Waals surface area contributed by atoms with Crippen molar-refractivity contribution in [3.05, 3.63) is 84.3 Å². The maximum atomic E-state index is 12.0. The molecule has 152 valence electrons. The van der Waals surface area contributed by atoms with Crippen molar-refractivity contribution in [2.45, 2.75) is 64.9 Å². The maximum absolute atomic E-state index is 12.0. The van der Waals surface area contributed by atoms with E-state index in [9.17, 15) is 4.79 Å². The number of allylic oxidation sites excluding steroid dienone is 10. The van der Waals surface area contributed by atoms with Crippen LogP contribution in [0.1, 0.15) is 74.5 Å². The van der Waals surface area contributed by atoms with Crippen LogP contribution in [0, 0.1) is 0 Å². The van der Waals surface area contributed by atoms with E-state index in [1.807, 2.05) is 0 Å². The molecule has 3 heteroatoms. The number of hydrogen-bond acceptors (Lipinski definition) is 2. The van der Waals surface area contributed by atoms with Gasteiger partial charge in [-0.1, -0.05) is 67.7 Å². The highest BCUT2D eigenvalue weighted by atomic mass is 16.3. The number of hydrogen-bond donors (Lipinski definition) is 2. The molecule has 1 rings (SSSR count). The minimum atomic E-state index is -0.0622. The number of aromatic amines is 1. The summed E-state index contributed by atoms with van der Waals surface area (Å²) >= 11 is 0. The molecule has 0 amide bonds. The molecule has 0 aromatic carbocycles. The molecule has 0 radical (unpaired) electrons. The van der Waals surface area contributed by atoms with E-state index in [4.69, 9.17) is 5.11 Å². The minimum Gasteiger partial charge on any atom is -0.390 e. The molecule has 0 aliphatic carbocycles. The smallest absolute Gasteiger partial charge is 0.179 e. The van der Waals surface area contributed by atoms with Gasteiger partial charge in [-0.3, -0.25) is 4.79 Å². The fourth-order valence-electron chi connectivity index (χ4n) is 2.58. The van der Waals surface area contributed by atoms with E-state index in [1.165, 1.54) is 0 Å². The summed E-state index contributed by atoms with van der Waals surface area (Å²) in [5.41, 5.74) is 1.27. The van der Waals surface area contributed by atoms with Gasteiger partial charge >= 0.3 is 0 Å². The third-order valence-corrected chi connectivity index (χ3v) is 4.15. The highest BCUT2D eigenvalue weighted by molar-refractivity contribution is 5.94. The van der Waals surface area contributed by atoms with Crippen molar-refractivity contribution >= 4 is 5.78 Å². The Morgan fingerprint density at radius 3 is 1.89 bits per heavy atom. The number of aliphatic hydroxyl groups is 1.